The van der Waals surface area contributed by atoms with Crippen LogP contribution in [-0.4, -0.2) is 32.7 Å². The van der Waals surface area contributed by atoms with Crippen LogP contribution in [0.25, 0.3) is 11.0 Å². The monoisotopic (exact) mass is 356 g/mol. The first-order chi connectivity index (χ1) is 12.1. The summed E-state index contributed by atoms with van der Waals surface area (Å²) >= 11 is 5.94. The van der Waals surface area contributed by atoms with E-state index in [0.29, 0.717) is 5.02 Å². The summed E-state index contributed by atoms with van der Waals surface area (Å²) in [6.07, 6.45) is 5.05. The Bertz CT molecular complexity index is 869. The Morgan fingerprint density at radius 3 is 2.56 bits per heavy atom. The van der Waals surface area contributed by atoms with Crippen LogP contribution < -0.4 is 4.90 Å². The minimum Gasteiger partial charge on any atom is -0.388 e. The molecular formula is C19H21ClN4O. The van der Waals surface area contributed by atoms with Crippen molar-refractivity contribution in [1.82, 2.24) is 14.5 Å². The van der Waals surface area contributed by atoms with Crippen molar-refractivity contribution in [2.45, 2.75) is 18.9 Å². The van der Waals surface area contributed by atoms with Crippen LogP contribution in [0.3, 0.4) is 0 Å². The number of aromatic nitrogens is 3. The molecule has 2 aromatic heterocycles. The first-order valence-corrected chi connectivity index (χ1v) is 8.96. The molecule has 3 aromatic rings. The Kier molecular flexibility index (Phi) is 4.36. The molecule has 0 aliphatic carbocycles. The molecule has 5 nitrogen and oxygen atoms in total. The Hall–Kier alpha value is -2.11. The van der Waals surface area contributed by atoms with Gasteiger partial charge in [0.05, 0.1) is 23.3 Å². The molecule has 1 aliphatic heterocycles. The summed E-state index contributed by atoms with van der Waals surface area (Å²) in [6, 6.07) is 9.44. The van der Waals surface area contributed by atoms with Crippen molar-refractivity contribution in [1.29, 1.82) is 0 Å². The number of aliphatic hydroxyl groups is 1. The number of anilines is 1. The van der Waals surface area contributed by atoms with E-state index in [4.69, 9.17) is 16.6 Å². The predicted octanol–water partition coefficient (Wildman–Crippen LogP) is 3.57. The van der Waals surface area contributed by atoms with Gasteiger partial charge in [-0.3, -0.25) is 4.98 Å². The second-order valence-corrected chi connectivity index (χ2v) is 7.09. The summed E-state index contributed by atoms with van der Waals surface area (Å²) in [5, 5.41) is 11.4. The number of piperidine rings is 1. The van der Waals surface area contributed by atoms with Gasteiger partial charge in [0.25, 0.3) is 0 Å². The molecule has 3 heterocycles. The number of aryl methyl sites for hydroxylation is 1. The number of hydrogen-bond donors (Lipinski definition) is 1. The zero-order chi connectivity index (χ0) is 17.4. The van der Waals surface area contributed by atoms with E-state index in [9.17, 15) is 5.11 Å². The van der Waals surface area contributed by atoms with E-state index >= 15 is 0 Å². The minimum absolute atomic E-state index is 0.258. The van der Waals surface area contributed by atoms with E-state index in [-0.39, 0.29) is 5.92 Å². The van der Waals surface area contributed by atoms with Crippen molar-refractivity contribution in [2.75, 3.05) is 18.0 Å². The number of halogens is 1. The van der Waals surface area contributed by atoms with E-state index in [1.165, 1.54) is 0 Å². The van der Waals surface area contributed by atoms with Gasteiger partial charge < -0.3 is 14.6 Å². The van der Waals surface area contributed by atoms with Crippen molar-refractivity contribution in [3.05, 3.63) is 53.3 Å². The molecule has 130 valence electrons. The second-order valence-electron chi connectivity index (χ2n) is 6.66. The smallest absolute Gasteiger partial charge is 0.206 e. The molecule has 0 amide bonds. The van der Waals surface area contributed by atoms with Crippen LogP contribution in [0.15, 0.2) is 42.7 Å². The lowest BCUT2D eigenvalue weighted by Crippen LogP contribution is -2.37. The lowest BCUT2D eigenvalue weighted by atomic mass is 9.87. The molecule has 1 unspecified atom stereocenters. The second kappa shape index (κ2) is 6.65. The zero-order valence-corrected chi connectivity index (χ0v) is 14.9. The van der Waals surface area contributed by atoms with Gasteiger partial charge in [0.15, 0.2) is 0 Å². The summed E-state index contributed by atoms with van der Waals surface area (Å²) < 4.78 is 2.10. The third-order valence-electron chi connectivity index (χ3n) is 5.14. The maximum absolute atomic E-state index is 10.7. The first kappa shape index (κ1) is 16.4. The van der Waals surface area contributed by atoms with E-state index in [1.807, 2.05) is 43.6 Å². The van der Waals surface area contributed by atoms with Crippen molar-refractivity contribution in [2.24, 2.45) is 13.0 Å². The van der Waals surface area contributed by atoms with Crippen LogP contribution in [0.2, 0.25) is 5.02 Å². The van der Waals surface area contributed by atoms with Gasteiger partial charge in [0.1, 0.15) is 0 Å². The van der Waals surface area contributed by atoms with Crippen molar-refractivity contribution >= 4 is 28.6 Å². The van der Waals surface area contributed by atoms with Crippen LogP contribution in [0, 0.1) is 5.92 Å². The molecule has 0 spiro atoms. The van der Waals surface area contributed by atoms with Gasteiger partial charge >= 0.3 is 0 Å². The first-order valence-electron chi connectivity index (χ1n) is 8.58. The van der Waals surface area contributed by atoms with Crippen LogP contribution in [-0.2, 0) is 7.05 Å². The molecule has 1 atom stereocenters. The number of aliphatic hydroxyl groups excluding tert-OH is 1. The summed E-state index contributed by atoms with van der Waals surface area (Å²) in [6.45, 7) is 1.78. The fourth-order valence-corrected chi connectivity index (χ4v) is 3.78. The van der Waals surface area contributed by atoms with E-state index in [1.54, 1.807) is 6.20 Å². The molecule has 0 saturated carbocycles. The molecule has 6 heteroatoms. The highest BCUT2D eigenvalue weighted by Crippen LogP contribution is 2.33. The molecule has 1 aliphatic rings. The highest BCUT2D eigenvalue weighted by Gasteiger charge is 2.28. The lowest BCUT2D eigenvalue weighted by Gasteiger charge is -2.34. The number of nitrogens with zero attached hydrogens (tertiary/aromatic N) is 4. The summed E-state index contributed by atoms with van der Waals surface area (Å²) in [4.78, 5) is 11.2. The molecule has 1 saturated heterocycles. The zero-order valence-electron chi connectivity index (χ0n) is 14.1. The van der Waals surface area contributed by atoms with Gasteiger partial charge in [-0.2, -0.15) is 0 Å². The largest absolute Gasteiger partial charge is 0.388 e. The molecular weight excluding hydrogens is 336 g/mol. The Morgan fingerprint density at radius 2 is 1.88 bits per heavy atom. The highest BCUT2D eigenvalue weighted by molar-refractivity contribution is 6.30. The highest BCUT2D eigenvalue weighted by atomic mass is 35.5. The summed E-state index contributed by atoms with van der Waals surface area (Å²) in [5.41, 5.74) is 2.95. The van der Waals surface area contributed by atoms with Crippen LogP contribution in [0.1, 0.15) is 24.5 Å². The number of pyridine rings is 1. The quantitative estimate of drug-likeness (QED) is 0.779. The maximum atomic E-state index is 10.7. The molecule has 1 fully saturated rings. The van der Waals surface area contributed by atoms with Crippen molar-refractivity contribution < 1.29 is 5.11 Å². The van der Waals surface area contributed by atoms with Crippen LogP contribution in [0.5, 0.6) is 0 Å². The Morgan fingerprint density at radius 1 is 1.16 bits per heavy atom. The molecule has 1 aromatic carbocycles. The number of hydrogen-bond acceptors (Lipinski definition) is 4. The van der Waals surface area contributed by atoms with Gasteiger partial charge in [-0.1, -0.05) is 23.7 Å². The number of rotatable bonds is 3. The number of benzene rings is 1. The third kappa shape index (κ3) is 3.10. The van der Waals surface area contributed by atoms with Crippen LogP contribution >= 0.6 is 11.6 Å². The number of imidazole rings is 1. The van der Waals surface area contributed by atoms with Crippen molar-refractivity contribution in [3.8, 4) is 0 Å². The van der Waals surface area contributed by atoms with Gasteiger partial charge in [-0.25, -0.2) is 4.98 Å². The topological polar surface area (TPSA) is 54.2 Å². The van der Waals surface area contributed by atoms with Gasteiger partial charge in [0, 0.05) is 31.4 Å². The van der Waals surface area contributed by atoms with Gasteiger partial charge in [0.2, 0.25) is 5.95 Å². The molecule has 25 heavy (non-hydrogen) atoms. The van der Waals surface area contributed by atoms with Gasteiger partial charge in [-0.05, 0) is 42.5 Å². The van der Waals surface area contributed by atoms with E-state index in [0.717, 1.165) is 48.5 Å². The lowest BCUT2D eigenvalue weighted by molar-refractivity contribution is 0.0927. The van der Waals surface area contributed by atoms with Crippen molar-refractivity contribution in [3.63, 3.8) is 0 Å². The SMILES string of the molecule is Cn1c(N2CCC(C(O)c3ccc(Cl)cc3)CC2)nc2ccncc21. The van der Waals surface area contributed by atoms with E-state index < -0.39 is 6.10 Å². The molecule has 0 bridgehead atoms. The summed E-state index contributed by atoms with van der Waals surface area (Å²) in [7, 11) is 2.03. The Balaban J connectivity index is 1.47. The van der Waals surface area contributed by atoms with Gasteiger partial charge in [-0.15, -0.1) is 0 Å². The normalized spacial score (nSPS) is 17.2. The fraction of sp³-hybridized carbons (Fsp3) is 0.368. The standard InChI is InChI=1S/C19H21ClN4O/c1-23-17-12-21-9-6-16(17)22-19(23)24-10-7-14(8-11-24)18(25)13-2-4-15(20)5-3-13/h2-6,9,12,14,18,25H,7-8,10-11H2,1H3. The van der Waals surface area contributed by atoms with Crippen LogP contribution in [0.4, 0.5) is 5.95 Å². The van der Waals surface area contributed by atoms with E-state index in [2.05, 4.69) is 14.5 Å². The number of fused-ring (bicyclic) bond motifs is 1. The molecule has 0 radical (unpaired) electrons. The summed E-state index contributed by atoms with van der Waals surface area (Å²) in [5.74, 6) is 1.23. The molecule has 1 N–H and O–H groups in total. The average Bonchev–Trinajstić information content (AvgIpc) is 2.99. The minimum atomic E-state index is -0.441. The Labute approximate surface area is 151 Å². The third-order valence-corrected chi connectivity index (χ3v) is 5.39. The average molecular weight is 357 g/mol. The fourth-order valence-electron chi connectivity index (χ4n) is 3.65. The molecule has 4 rings (SSSR count). The maximum Gasteiger partial charge on any atom is 0.206 e. The predicted molar refractivity (Wildman–Crippen MR) is 99.9 cm³/mol.